The number of carbonyl (C=O) groups excluding carboxylic acids is 1. The minimum Gasteiger partial charge on any atom is -0.342 e. The highest BCUT2D eigenvalue weighted by Crippen LogP contribution is 2.23. The summed E-state index contributed by atoms with van der Waals surface area (Å²) in [5.41, 5.74) is 1.86. The number of piperidine rings is 1. The Balaban J connectivity index is 1.26. The van der Waals surface area contributed by atoms with Crippen LogP contribution in [0.5, 0.6) is 0 Å². The van der Waals surface area contributed by atoms with Crippen LogP contribution >= 0.6 is 11.8 Å². The lowest BCUT2D eigenvalue weighted by molar-refractivity contribution is -0.129. The summed E-state index contributed by atoms with van der Waals surface area (Å²) < 4.78 is 15.2. The van der Waals surface area contributed by atoms with Crippen LogP contribution in [-0.2, 0) is 17.6 Å². The Kier molecular flexibility index (Phi) is 6.86. The fourth-order valence-corrected chi connectivity index (χ4v) is 4.67. The number of nitrogen functional groups attached to an aromatic ring is 1. The molecule has 1 fully saturated rings. The maximum atomic E-state index is 13.9. The number of likely N-dealkylation sites (tertiary alicyclic amines) is 1. The Hall–Kier alpha value is -2.87. The zero-order valence-electron chi connectivity index (χ0n) is 17.3. The Labute approximate surface area is 185 Å². The molecule has 1 aliphatic rings. The van der Waals surface area contributed by atoms with Gasteiger partial charge in [0.15, 0.2) is 5.82 Å². The maximum absolute atomic E-state index is 13.9. The highest BCUT2D eigenvalue weighted by molar-refractivity contribution is 7.99. The second-order valence-electron chi connectivity index (χ2n) is 7.84. The van der Waals surface area contributed by atoms with Gasteiger partial charge in [-0.3, -0.25) is 4.79 Å². The number of amides is 1. The third kappa shape index (κ3) is 5.44. The summed E-state index contributed by atoms with van der Waals surface area (Å²) in [7, 11) is 0. The number of hydrogen-bond donors (Lipinski definition) is 1. The molecule has 31 heavy (non-hydrogen) atoms. The van der Waals surface area contributed by atoms with E-state index in [1.807, 2.05) is 11.0 Å². The van der Waals surface area contributed by atoms with Crippen LogP contribution in [0.25, 0.3) is 0 Å². The van der Waals surface area contributed by atoms with E-state index in [1.165, 1.54) is 28.1 Å². The van der Waals surface area contributed by atoms with Gasteiger partial charge in [-0.15, -0.1) is 10.2 Å². The van der Waals surface area contributed by atoms with Crippen molar-refractivity contribution in [2.45, 2.75) is 30.8 Å². The minimum atomic E-state index is -0.300. The molecule has 6 nitrogen and oxygen atoms in total. The van der Waals surface area contributed by atoms with Crippen molar-refractivity contribution in [3.63, 3.8) is 0 Å². The van der Waals surface area contributed by atoms with E-state index in [2.05, 4.69) is 34.5 Å². The molecular weight excluding hydrogens is 413 g/mol. The van der Waals surface area contributed by atoms with Gasteiger partial charge in [-0.2, -0.15) is 0 Å². The van der Waals surface area contributed by atoms with Gasteiger partial charge in [-0.1, -0.05) is 60.3 Å². The lowest BCUT2D eigenvalue weighted by Gasteiger charge is -2.32. The van der Waals surface area contributed by atoms with Crippen molar-refractivity contribution in [3.05, 3.63) is 77.4 Å². The molecule has 0 atom stereocenters. The van der Waals surface area contributed by atoms with Crippen molar-refractivity contribution in [2.75, 3.05) is 24.7 Å². The van der Waals surface area contributed by atoms with Gasteiger partial charge in [0.2, 0.25) is 11.1 Å². The molecule has 2 aromatic carbocycles. The molecule has 0 unspecified atom stereocenters. The molecule has 4 rings (SSSR count). The summed E-state index contributed by atoms with van der Waals surface area (Å²) >= 11 is 1.27. The molecule has 1 aromatic heterocycles. The normalized spacial score (nSPS) is 14.7. The van der Waals surface area contributed by atoms with Crippen molar-refractivity contribution in [3.8, 4) is 0 Å². The van der Waals surface area contributed by atoms with E-state index in [1.54, 1.807) is 18.2 Å². The third-order valence-electron chi connectivity index (χ3n) is 5.70. The van der Waals surface area contributed by atoms with Gasteiger partial charge in [-0.25, -0.2) is 9.07 Å². The van der Waals surface area contributed by atoms with Crippen LogP contribution in [0, 0.1) is 11.7 Å². The zero-order chi connectivity index (χ0) is 21.6. The number of aromatic nitrogens is 3. The molecule has 1 aliphatic heterocycles. The SMILES string of the molecule is Nn1c(Cc2ccccc2F)nnc1SCC(=O)N1CCC(Cc2ccccc2)CC1. The molecular formula is C23H26FN5OS. The molecule has 1 amide bonds. The number of rotatable bonds is 7. The fraction of sp³-hybridized carbons (Fsp3) is 0.348. The number of benzene rings is 2. The topological polar surface area (TPSA) is 77.0 Å². The van der Waals surface area contributed by atoms with Gasteiger partial charge in [0.25, 0.3) is 0 Å². The van der Waals surface area contributed by atoms with Crippen LogP contribution in [0.1, 0.15) is 29.8 Å². The van der Waals surface area contributed by atoms with Crippen molar-refractivity contribution in [1.82, 2.24) is 19.8 Å². The van der Waals surface area contributed by atoms with Crippen LogP contribution < -0.4 is 5.84 Å². The summed E-state index contributed by atoms with van der Waals surface area (Å²) in [5, 5.41) is 8.60. The number of nitrogens with zero attached hydrogens (tertiary/aromatic N) is 4. The van der Waals surface area contributed by atoms with Crippen LogP contribution in [0.4, 0.5) is 4.39 Å². The zero-order valence-corrected chi connectivity index (χ0v) is 18.1. The van der Waals surface area contributed by atoms with Crippen LogP contribution in [0.15, 0.2) is 59.8 Å². The molecule has 0 radical (unpaired) electrons. The molecule has 0 spiro atoms. The summed E-state index contributed by atoms with van der Waals surface area (Å²) in [5.74, 6) is 7.21. The van der Waals surface area contributed by atoms with Gasteiger partial charge >= 0.3 is 0 Å². The lowest BCUT2D eigenvalue weighted by atomic mass is 9.90. The minimum absolute atomic E-state index is 0.0850. The van der Waals surface area contributed by atoms with E-state index < -0.39 is 0 Å². The van der Waals surface area contributed by atoms with Gasteiger partial charge in [0, 0.05) is 19.5 Å². The second kappa shape index (κ2) is 9.96. The van der Waals surface area contributed by atoms with Crippen molar-refractivity contribution in [1.29, 1.82) is 0 Å². The first-order valence-electron chi connectivity index (χ1n) is 10.5. The molecule has 162 valence electrons. The van der Waals surface area contributed by atoms with E-state index in [9.17, 15) is 9.18 Å². The van der Waals surface area contributed by atoms with Crippen molar-refractivity contribution >= 4 is 17.7 Å². The smallest absolute Gasteiger partial charge is 0.233 e. The average Bonchev–Trinajstić information content (AvgIpc) is 3.14. The number of hydrogen-bond acceptors (Lipinski definition) is 5. The second-order valence-corrected chi connectivity index (χ2v) is 8.78. The van der Waals surface area contributed by atoms with E-state index in [4.69, 9.17) is 5.84 Å². The molecule has 8 heteroatoms. The average molecular weight is 440 g/mol. The number of halogens is 1. The number of thioether (sulfide) groups is 1. The van der Waals surface area contributed by atoms with Gasteiger partial charge in [0.05, 0.1) is 5.75 Å². The first-order chi connectivity index (χ1) is 15.1. The predicted molar refractivity (Wildman–Crippen MR) is 120 cm³/mol. The summed E-state index contributed by atoms with van der Waals surface area (Å²) in [4.78, 5) is 14.6. The highest BCUT2D eigenvalue weighted by atomic mass is 32.2. The molecule has 0 aliphatic carbocycles. The standard InChI is InChI=1S/C23H26FN5OS/c24-20-9-5-4-8-19(20)15-21-26-27-23(29(21)25)31-16-22(30)28-12-10-18(11-13-28)14-17-6-2-1-3-7-17/h1-9,18H,10-16,25H2. The Bertz CT molecular complexity index is 1020. The maximum Gasteiger partial charge on any atom is 0.233 e. The molecule has 0 bridgehead atoms. The first-order valence-corrected chi connectivity index (χ1v) is 11.5. The molecule has 2 heterocycles. The summed E-state index contributed by atoms with van der Waals surface area (Å²) in [6, 6.07) is 17.0. The van der Waals surface area contributed by atoms with Gasteiger partial charge in [-0.05, 0) is 42.4 Å². The van der Waals surface area contributed by atoms with Gasteiger partial charge < -0.3 is 10.7 Å². The quantitative estimate of drug-likeness (QED) is 0.452. The third-order valence-corrected chi connectivity index (χ3v) is 6.63. The Morgan fingerprint density at radius 3 is 2.52 bits per heavy atom. The van der Waals surface area contributed by atoms with E-state index >= 15 is 0 Å². The summed E-state index contributed by atoms with van der Waals surface area (Å²) in [6.07, 6.45) is 3.36. The van der Waals surface area contributed by atoms with Gasteiger partial charge in [0.1, 0.15) is 5.82 Å². The number of carbonyl (C=O) groups is 1. The largest absolute Gasteiger partial charge is 0.342 e. The lowest BCUT2D eigenvalue weighted by Crippen LogP contribution is -2.39. The van der Waals surface area contributed by atoms with Crippen molar-refractivity contribution < 1.29 is 9.18 Å². The predicted octanol–water partition coefficient (Wildman–Crippen LogP) is 3.30. The number of nitrogens with two attached hydrogens (primary N) is 1. The van der Waals surface area contributed by atoms with Crippen LogP contribution in [-0.4, -0.2) is 44.5 Å². The van der Waals surface area contributed by atoms with Crippen LogP contribution in [0.3, 0.4) is 0 Å². The molecule has 0 saturated carbocycles. The molecule has 1 saturated heterocycles. The Morgan fingerprint density at radius 2 is 1.77 bits per heavy atom. The molecule has 3 aromatic rings. The highest BCUT2D eigenvalue weighted by Gasteiger charge is 2.23. The molecule has 2 N–H and O–H groups in total. The first kappa shape index (κ1) is 21.4. The Morgan fingerprint density at radius 1 is 1.06 bits per heavy atom. The van der Waals surface area contributed by atoms with E-state index in [-0.39, 0.29) is 23.9 Å². The summed E-state index contributed by atoms with van der Waals surface area (Å²) in [6.45, 7) is 1.56. The van der Waals surface area contributed by atoms with E-state index in [0.29, 0.717) is 22.5 Å². The fourth-order valence-electron chi connectivity index (χ4n) is 3.89. The van der Waals surface area contributed by atoms with E-state index in [0.717, 1.165) is 32.4 Å². The van der Waals surface area contributed by atoms with Crippen molar-refractivity contribution in [2.24, 2.45) is 5.92 Å². The van der Waals surface area contributed by atoms with Crippen LogP contribution in [0.2, 0.25) is 0 Å². The monoisotopic (exact) mass is 439 g/mol.